The van der Waals surface area contributed by atoms with E-state index in [-0.39, 0.29) is 5.04 Å². The van der Waals surface area contributed by atoms with Crippen molar-refractivity contribution in [2.24, 2.45) is 0 Å². The smallest absolute Gasteiger partial charge is 0.215 e. The van der Waals surface area contributed by atoms with Crippen LogP contribution in [0.5, 0.6) is 11.6 Å². The first-order valence-electron chi connectivity index (χ1n) is 8.05. The van der Waals surface area contributed by atoms with Crippen LogP contribution in [0, 0.1) is 0 Å². The first-order valence-corrected chi connectivity index (χ1v) is 11.3. The molecule has 1 aromatic heterocycles. The molecular weight excluding hydrogens is 342 g/mol. The lowest BCUT2D eigenvalue weighted by Gasteiger charge is -2.36. The predicted molar refractivity (Wildman–Crippen MR) is 102 cm³/mol. The first kappa shape index (κ1) is 19.0. The van der Waals surface area contributed by atoms with E-state index >= 15 is 0 Å². The summed E-state index contributed by atoms with van der Waals surface area (Å²) in [5.74, 6) is 1.26. The molecule has 2 rings (SSSR count). The quantitative estimate of drug-likeness (QED) is 0.513. The molecule has 0 bridgehead atoms. The highest BCUT2D eigenvalue weighted by atomic mass is 35.5. The average Bonchev–Trinajstić information content (AvgIpc) is 2.50. The van der Waals surface area contributed by atoms with E-state index < -0.39 is 8.32 Å². The highest BCUT2D eigenvalue weighted by Crippen LogP contribution is 2.36. The number of pyridine rings is 1. The zero-order valence-electron chi connectivity index (χ0n) is 15.3. The molecule has 24 heavy (non-hydrogen) atoms. The minimum absolute atomic E-state index is 0.191. The van der Waals surface area contributed by atoms with Gasteiger partial charge in [-0.1, -0.05) is 32.4 Å². The third kappa shape index (κ3) is 4.40. The molecule has 0 atom stereocenters. The molecule has 0 spiro atoms. The van der Waals surface area contributed by atoms with Gasteiger partial charge in [-0.3, -0.25) is 0 Å². The standard InChI is InChI=1S/C18H26ClNO3Si/c1-18(2,3)24(5,6)23-10-9-22-17-12-15(19)14-11-13(21-4)7-8-16(14)20-17/h7-8,11-12H,9-10H2,1-6H3. The van der Waals surface area contributed by atoms with E-state index in [1.165, 1.54) is 0 Å². The van der Waals surface area contributed by atoms with Gasteiger partial charge in [0.1, 0.15) is 12.4 Å². The maximum absolute atomic E-state index is 6.34. The lowest BCUT2D eigenvalue weighted by molar-refractivity contribution is 0.199. The highest BCUT2D eigenvalue weighted by Gasteiger charge is 2.36. The predicted octanol–water partition coefficient (Wildman–Crippen LogP) is 5.30. The molecule has 0 aliphatic heterocycles. The fourth-order valence-corrected chi connectivity index (χ4v) is 3.27. The lowest BCUT2D eigenvalue weighted by Crippen LogP contribution is -2.41. The number of halogens is 1. The van der Waals surface area contributed by atoms with Gasteiger partial charge in [0.05, 0.1) is 24.3 Å². The summed E-state index contributed by atoms with van der Waals surface area (Å²) in [6, 6.07) is 7.33. The first-order chi connectivity index (χ1) is 11.1. The van der Waals surface area contributed by atoms with Crippen molar-refractivity contribution in [3.05, 3.63) is 29.3 Å². The van der Waals surface area contributed by atoms with Gasteiger partial charge in [0.2, 0.25) is 5.88 Å². The van der Waals surface area contributed by atoms with Crippen molar-refractivity contribution < 1.29 is 13.9 Å². The number of methoxy groups -OCH3 is 1. The number of rotatable bonds is 6. The van der Waals surface area contributed by atoms with Gasteiger partial charge in [-0.05, 0) is 36.3 Å². The van der Waals surface area contributed by atoms with Crippen molar-refractivity contribution in [3.8, 4) is 11.6 Å². The van der Waals surface area contributed by atoms with Gasteiger partial charge in [-0.2, -0.15) is 0 Å². The number of aromatic nitrogens is 1. The number of ether oxygens (including phenoxy) is 2. The summed E-state index contributed by atoms with van der Waals surface area (Å²) >= 11 is 6.34. The molecule has 0 N–H and O–H groups in total. The van der Waals surface area contributed by atoms with Crippen LogP contribution in [-0.4, -0.2) is 33.6 Å². The van der Waals surface area contributed by atoms with Crippen LogP contribution in [0.15, 0.2) is 24.3 Å². The van der Waals surface area contributed by atoms with E-state index in [0.717, 1.165) is 16.7 Å². The largest absolute Gasteiger partial charge is 0.497 e. The number of nitrogens with zero attached hydrogens (tertiary/aromatic N) is 1. The Bertz CT molecular complexity index is 713. The van der Waals surface area contributed by atoms with E-state index in [9.17, 15) is 0 Å². The van der Waals surface area contributed by atoms with Gasteiger partial charge in [0, 0.05) is 11.5 Å². The minimum Gasteiger partial charge on any atom is -0.497 e. The van der Waals surface area contributed by atoms with Crippen molar-refractivity contribution in [3.63, 3.8) is 0 Å². The van der Waals surface area contributed by atoms with Gasteiger partial charge in [0.15, 0.2) is 8.32 Å². The molecular formula is C18H26ClNO3Si. The summed E-state index contributed by atoms with van der Waals surface area (Å²) in [6.07, 6.45) is 0. The Labute approximate surface area is 150 Å². The van der Waals surface area contributed by atoms with E-state index in [0.29, 0.717) is 24.1 Å². The number of hydrogen-bond acceptors (Lipinski definition) is 4. The summed E-state index contributed by atoms with van der Waals surface area (Å²) in [6.45, 7) is 12.1. The molecule has 4 nitrogen and oxygen atoms in total. The van der Waals surface area contributed by atoms with Crippen LogP contribution >= 0.6 is 11.6 Å². The van der Waals surface area contributed by atoms with Crippen molar-refractivity contribution in [2.45, 2.75) is 38.9 Å². The zero-order chi connectivity index (χ0) is 18.0. The van der Waals surface area contributed by atoms with Crippen LogP contribution in [0.1, 0.15) is 20.8 Å². The molecule has 0 aliphatic carbocycles. The van der Waals surface area contributed by atoms with E-state index in [1.54, 1.807) is 13.2 Å². The second-order valence-electron chi connectivity index (χ2n) is 7.28. The van der Waals surface area contributed by atoms with Crippen molar-refractivity contribution in [2.75, 3.05) is 20.3 Å². The summed E-state index contributed by atoms with van der Waals surface area (Å²) < 4.78 is 17.0. The second-order valence-corrected chi connectivity index (χ2v) is 12.5. The second kappa shape index (κ2) is 7.29. The third-order valence-corrected chi connectivity index (χ3v) is 9.40. The number of fused-ring (bicyclic) bond motifs is 1. The van der Waals surface area contributed by atoms with Gasteiger partial charge in [0.25, 0.3) is 0 Å². The third-order valence-electron chi connectivity index (χ3n) is 4.54. The Morgan fingerprint density at radius 2 is 1.83 bits per heavy atom. The van der Waals surface area contributed by atoms with Gasteiger partial charge in [-0.25, -0.2) is 4.98 Å². The number of benzene rings is 1. The van der Waals surface area contributed by atoms with Gasteiger partial charge >= 0.3 is 0 Å². The summed E-state index contributed by atoms with van der Waals surface area (Å²) in [7, 11) is -0.121. The summed E-state index contributed by atoms with van der Waals surface area (Å²) in [5, 5.41) is 1.64. The Hall–Kier alpha value is -1.30. The van der Waals surface area contributed by atoms with E-state index in [2.05, 4.69) is 38.8 Å². The molecule has 0 saturated heterocycles. The Morgan fingerprint density at radius 3 is 2.46 bits per heavy atom. The molecule has 132 valence electrons. The Balaban J connectivity index is 2.01. The van der Waals surface area contributed by atoms with E-state index in [4.69, 9.17) is 25.5 Å². The molecule has 0 fully saturated rings. The molecule has 6 heteroatoms. The van der Waals surface area contributed by atoms with Gasteiger partial charge < -0.3 is 13.9 Å². The van der Waals surface area contributed by atoms with Crippen molar-refractivity contribution in [1.29, 1.82) is 0 Å². The molecule has 0 unspecified atom stereocenters. The lowest BCUT2D eigenvalue weighted by atomic mass is 10.2. The van der Waals surface area contributed by atoms with Crippen LogP contribution in [0.3, 0.4) is 0 Å². The number of hydrogen-bond donors (Lipinski definition) is 0. The highest BCUT2D eigenvalue weighted by molar-refractivity contribution is 6.74. The van der Waals surface area contributed by atoms with Crippen LogP contribution in [0.2, 0.25) is 23.2 Å². The fourth-order valence-electron chi connectivity index (χ4n) is 2.00. The molecule has 0 saturated carbocycles. The van der Waals surface area contributed by atoms with Crippen molar-refractivity contribution in [1.82, 2.24) is 4.98 Å². The summed E-state index contributed by atoms with van der Waals surface area (Å²) in [4.78, 5) is 4.49. The molecule has 2 aromatic rings. The average molecular weight is 368 g/mol. The molecule has 1 heterocycles. The molecule has 0 amide bonds. The van der Waals surface area contributed by atoms with Crippen LogP contribution in [0.25, 0.3) is 10.9 Å². The van der Waals surface area contributed by atoms with E-state index in [1.807, 2.05) is 18.2 Å². The maximum atomic E-state index is 6.34. The SMILES string of the molecule is COc1ccc2nc(OCCO[Si](C)(C)C(C)(C)C)cc(Cl)c2c1. The Morgan fingerprint density at radius 1 is 1.12 bits per heavy atom. The van der Waals surface area contributed by atoms with Crippen LogP contribution in [-0.2, 0) is 4.43 Å². The summed E-state index contributed by atoms with van der Waals surface area (Å²) in [5.41, 5.74) is 0.781. The molecule has 1 aromatic carbocycles. The van der Waals surface area contributed by atoms with Crippen LogP contribution < -0.4 is 9.47 Å². The fraction of sp³-hybridized carbons (Fsp3) is 0.500. The molecule has 0 aliphatic rings. The zero-order valence-corrected chi connectivity index (χ0v) is 17.0. The topological polar surface area (TPSA) is 40.6 Å². The molecule has 0 radical (unpaired) electrons. The normalized spacial score (nSPS) is 12.5. The maximum Gasteiger partial charge on any atom is 0.215 e. The van der Waals surface area contributed by atoms with Gasteiger partial charge in [-0.15, -0.1) is 0 Å². The Kier molecular flexibility index (Phi) is 5.78. The minimum atomic E-state index is -1.75. The monoisotopic (exact) mass is 367 g/mol. The van der Waals surface area contributed by atoms with Crippen molar-refractivity contribution >= 4 is 30.8 Å². The van der Waals surface area contributed by atoms with Crippen LogP contribution in [0.4, 0.5) is 0 Å².